The molecule has 3 aromatic heterocycles. The van der Waals surface area contributed by atoms with Gasteiger partial charge in [0, 0.05) is 28.7 Å². The summed E-state index contributed by atoms with van der Waals surface area (Å²) in [4.78, 5) is 12.5. The summed E-state index contributed by atoms with van der Waals surface area (Å²) in [6, 6.07) is 13.7. The lowest BCUT2D eigenvalue weighted by Gasteiger charge is -2.08. The molecule has 0 aliphatic heterocycles. The molecule has 3 heterocycles. The summed E-state index contributed by atoms with van der Waals surface area (Å²) in [7, 11) is 0. The molecule has 0 aliphatic carbocycles. The summed E-state index contributed by atoms with van der Waals surface area (Å²) in [5, 5.41) is 17.5. The van der Waals surface area contributed by atoms with Crippen molar-refractivity contribution in [1.29, 1.82) is 0 Å². The number of fused-ring (bicyclic) bond motifs is 3. The van der Waals surface area contributed by atoms with E-state index in [1.54, 1.807) is 16.6 Å². The lowest BCUT2D eigenvalue weighted by molar-refractivity contribution is -0.113. The first-order chi connectivity index (χ1) is 15.9. The number of hydrogen-bond donors (Lipinski definition) is 1. The van der Waals surface area contributed by atoms with Gasteiger partial charge in [-0.2, -0.15) is 5.10 Å². The van der Waals surface area contributed by atoms with Gasteiger partial charge >= 0.3 is 0 Å². The Bertz CT molecular complexity index is 1520. The third-order valence-electron chi connectivity index (χ3n) is 5.60. The van der Waals surface area contributed by atoms with Crippen LogP contribution in [0.25, 0.3) is 22.4 Å². The molecule has 0 radical (unpaired) electrons. The molecule has 0 fully saturated rings. The minimum absolute atomic E-state index is 0.135. The van der Waals surface area contributed by atoms with Gasteiger partial charge in [-0.3, -0.25) is 9.20 Å². The fourth-order valence-electron chi connectivity index (χ4n) is 3.58. The maximum atomic E-state index is 12.5. The Kier molecular flexibility index (Phi) is 5.55. The largest absolute Gasteiger partial charge is 0.325 e. The molecule has 0 saturated heterocycles. The Morgan fingerprint density at radius 3 is 2.64 bits per heavy atom. The van der Waals surface area contributed by atoms with Crippen LogP contribution in [-0.4, -0.2) is 35.9 Å². The van der Waals surface area contributed by atoms with Crippen molar-refractivity contribution in [1.82, 2.24) is 24.2 Å². The highest BCUT2D eigenvalue weighted by Gasteiger charge is 2.15. The maximum Gasteiger partial charge on any atom is 0.234 e. The number of carbonyl (C=O) groups excluding carboxylic acids is 1. The molecule has 0 bridgehead atoms. The second kappa shape index (κ2) is 8.53. The van der Waals surface area contributed by atoms with Crippen LogP contribution in [0.1, 0.15) is 16.7 Å². The Morgan fingerprint density at radius 2 is 1.82 bits per heavy atom. The SMILES string of the molecule is Cc1ccc(-c2cc3c4nnc(SCC(=O)Nc5cc(Cl)ccc5C)n4ccn3n2)cc1C. The molecule has 166 valence electrons. The summed E-state index contributed by atoms with van der Waals surface area (Å²) < 4.78 is 3.68. The molecule has 0 spiro atoms. The molecular weight excluding hydrogens is 456 g/mol. The van der Waals surface area contributed by atoms with Gasteiger partial charge in [-0.15, -0.1) is 10.2 Å². The molecule has 7 nitrogen and oxygen atoms in total. The van der Waals surface area contributed by atoms with Gasteiger partial charge in [-0.25, -0.2) is 4.52 Å². The van der Waals surface area contributed by atoms with Crippen LogP contribution in [0.4, 0.5) is 5.69 Å². The summed E-state index contributed by atoms with van der Waals surface area (Å²) in [5.74, 6) is 0.0648. The Morgan fingerprint density at radius 1 is 1.00 bits per heavy atom. The van der Waals surface area contributed by atoms with E-state index in [1.165, 1.54) is 22.9 Å². The van der Waals surface area contributed by atoms with Crippen LogP contribution in [0.5, 0.6) is 0 Å². The number of amides is 1. The van der Waals surface area contributed by atoms with Gasteiger partial charge < -0.3 is 5.32 Å². The van der Waals surface area contributed by atoms with Crippen molar-refractivity contribution >= 4 is 46.1 Å². The first-order valence-electron chi connectivity index (χ1n) is 10.4. The molecule has 0 atom stereocenters. The van der Waals surface area contributed by atoms with Crippen molar-refractivity contribution in [2.45, 2.75) is 25.9 Å². The number of aromatic nitrogens is 5. The molecule has 33 heavy (non-hydrogen) atoms. The zero-order chi connectivity index (χ0) is 23.1. The molecule has 0 saturated carbocycles. The number of hydrogen-bond acceptors (Lipinski definition) is 5. The highest BCUT2D eigenvalue weighted by molar-refractivity contribution is 7.99. The van der Waals surface area contributed by atoms with E-state index >= 15 is 0 Å². The van der Waals surface area contributed by atoms with E-state index in [-0.39, 0.29) is 11.7 Å². The van der Waals surface area contributed by atoms with E-state index in [4.69, 9.17) is 16.7 Å². The number of halogens is 1. The normalized spacial score (nSPS) is 11.4. The number of benzene rings is 2. The summed E-state index contributed by atoms with van der Waals surface area (Å²) in [6.45, 7) is 6.12. The highest BCUT2D eigenvalue weighted by Crippen LogP contribution is 2.26. The summed E-state index contributed by atoms with van der Waals surface area (Å²) in [5.41, 5.74) is 7.60. The third-order valence-corrected chi connectivity index (χ3v) is 6.77. The molecule has 0 unspecified atom stereocenters. The number of nitrogens with one attached hydrogen (secondary N) is 1. The minimum Gasteiger partial charge on any atom is -0.325 e. The van der Waals surface area contributed by atoms with Gasteiger partial charge in [0.1, 0.15) is 5.52 Å². The highest BCUT2D eigenvalue weighted by atomic mass is 35.5. The third kappa shape index (κ3) is 4.19. The predicted octanol–water partition coefficient (Wildman–Crippen LogP) is 5.35. The van der Waals surface area contributed by atoms with Crippen molar-refractivity contribution in [3.8, 4) is 11.3 Å². The van der Waals surface area contributed by atoms with Crippen LogP contribution < -0.4 is 5.32 Å². The topological polar surface area (TPSA) is 76.6 Å². The second-order valence-electron chi connectivity index (χ2n) is 7.93. The quantitative estimate of drug-likeness (QED) is 0.346. The maximum absolute atomic E-state index is 12.5. The first kappa shape index (κ1) is 21.5. The Labute approximate surface area is 199 Å². The molecule has 2 aromatic carbocycles. The molecular formula is C24H21ClN6OS. The van der Waals surface area contributed by atoms with Crippen LogP contribution in [0.2, 0.25) is 5.02 Å². The molecule has 1 N–H and O–H groups in total. The second-order valence-corrected chi connectivity index (χ2v) is 9.31. The smallest absolute Gasteiger partial charge is 0.234 e. The van der Waals surface area contributed by atoms with Crippen molar-refractivity contribution < 1.29 is 4.79 Å². The number of anilines is 1. The van der Waals surface area contributed by atoms with Gasteiger partial charge in [0.15, 0.2) is 10.8 Å². The van der Waals surface area contributed by atoms with Crippen molar-refractivity contribution in [2.24, 2.45) is 0 Å². The number of carbonyl (C=O) groups is 1. The zero-order valence-corrected chi connectivity index (χ0v) is 19.9. The number of aryl methyl sites for hydroxylation is 3. The van der Waals surface area contributed by atoms with Gasteiger partial charge in [-0.05, 0) is 61.7 Å². The van der Waals surface area contributed by atoms with E-state index in [1.807, 2.05) is 35.9 Å². The van der Waals surface area contributed by atoms with Gasteiger partial charge in [-0.1, -0.05) is 41.6 Å². The first-order valence-corrected chi connectivity index (χ1v) is 11.7. The van der Waals surface area contributed by atoms with Gasteiger partial charge in [0.05, 0.1) is 11.4 Å². The zero-order valence-electron chi connectivity index (χ0n) is 18.3. The Hall–Kier alpha value is -3.36. The van der Waals surface area contributed by atoms with E-state index in [9.17, 15) is 4.79 Å². The van der Waals surface area contributed by atoms with Crippen molar-refractivity contribution in [3.63, 3.8) is 0 Å². The van der Waals surface area contributed by atoms with E-state index in [0.29, 0.717) is 21.5 Å². The summed E-state index contributed by atoms with van der Waals surface area (Å²) >= 11 is 7.37. The van der Waals surface area contributed by atoms with Crippen LogP contribution in [0, 0.1) is 20.8 Å². The average molecular weight is 477 g/mol. The average Bonchev–Trinajstić information content (AvgIpc) is 3.40. The number of rotatable bonds is 5. The molecule has 0 aliphatic rings. The molecule has 5 rings (SSSR count). The lowest BCUT2D eigenvalue weighted by Crippen LogP contribution is -2.15. The minimum atomic E-state index is -0.135. The van der Waals surface area contributed by atoms with E-state index in [2.05, 4.69) is 47.6 Å². The van der Waals surface area contributed by atoms with Crippen LogP contribution in [0.15, 0.2) is 60.0 Å². The number of thioether (sulfide) groups is 1. The molecule has 5 aromatic rings. The van der Waals surface area contributed by atoms with E-state index < -0.39 is 0 Å². The summed E-state index contributed by atoms with van der Waals surface area (Å²) in [6.07, 6.45) is 3.73. The van der Waals surface area contributed by atoms with Crippen LogP contribution >= 0.6 is 23.4 Å². The Balaban J connectivity index is 1.38. The fraction of sp³-hybridized carbons (Fsp3) is 0.167. The predicted molar refractivity (Wildman–Crippen MR) is 132 cm³/mol. The number of nitrogens with zero attached hydrogens (tertiary/aromatic N) is 5. The van der Waals surface area contributed by atoms with Crippen LogP contribution in [-0.2, 0) is 4.79 Å². The lowest BCUT2D eigenvalue weighted by atomic mass is 10.0. The monoisotopic (exact) mass is 476 g/mol. The van der Waals surface area contributed by atoms with Crippen molar-refractivity contribution in [2.75, 3.05) is 11.1 Å². The standard InChI is InChI=1S/C24H21ClN6OS/c1-14-4-6-17(10-16(14)3)20-12-21-23-27-28-24(30(23)8-9-31(21)29-20)33-13-22(32)26-19-11-18(25)7-5-15(19)2/h4-12H,13H2,1-3H3,(H,26,32). The van der Waals surface area contributed by atoms with Gasteiger partial charge in [0.25, 0.3) is 0 Å². The van der Waals surface area contributed by atoms with Crippen molar-refractivity contribution in [3.05, 3.63) is 76.6 Å². The van der Waals surface area contributed by atoms with E-state index in [0.717, 1.165) is 22.3 Å². The fourth-order valence-corrected chi connectivity index (χ4v) is 4.47. The van der Waals surface area contributed by atoms with Gasteiger partial charge in [0.2, 0.25) is 5.91 Å². The molecule has 1 amide bonds. The molecule has 9 heteroatoms. The van der Waals surface area contributed by atoms with Crippen LogP contribution in [0.3, 0.4) is 0 Å².